The molecule has 2 amide bonds. The van der Waals surface area contributed by atoms with Crippen molar-refractivity contribution in [2.75, 3.05) is 51.2 Å². The van der Waals surface area contributed by atoms with Crippen LogP contribution in [0.5, 0.6) is 0 Å². The molecule has 2 fully saturated rings. The molecule has 2 aromatic heterocycles. The summed E-state index contributed by atoms with van der Waals surface area (Å²) < 4.78 is 39.1. The quantitative estimate of drug-likeness (QED) is 0.618. The number of likely N-dealkylation sites (tertiary alicyclic amines) is 1. The molecule has 0 aromatic carbocycles. The number of nitrogens with zero attached hydrogens (tertiary/aromatic N) is 5. The Labute approximate surface area is 199 Å². The molecule has 4 heterocycles. The molecule has 0 radical (unpaired) electrons. The van der Waals surface area contributed by atoms with Gasteiger partial charge in [-0.2, -0.15) is 18.3 Å². The van der Waals surface area contributed by atoms with Gasteiger partial charge in [0.2, 0.25) is 5.91 Å². The number of anilines is 1. The smallest absolute Gasteiger partial charge is 0.367 e. The molecular weight excluding hydrogens is 467 g/mol. The molecule has 188 valence electrons. The van der Waals surface area contributed by atoms with E-state index in [1.165, 1.54) is 0 Å². The summed E-state index contributed by atoms with van der Waals surface area (Å²) in [6.07, 6.45) is -2.26. The van der Waals surface area contributed by atoms with E-state index < -0.39 is 17.3 Å². The van der Waals surface area contributed by atoms with E-state index in [4.69, 9.17) is 0 Å². The van der Waals surface area contributed by atoms with Gasteiger partial charge < -0.3 is 15.1 Å². The Bertz CT molecular complexity index is 1130. The number of aromatic nitrogens is 3. The highest BCUT2D eigenvalue weighted by Crippen LogP contribution is 2.34. The van der Waals surface area contributed by atoms with Gasteiger partial charge in [0, 0.05) is 52.7 Å². The molecule has 0 spiro atoms. The molecule has 4 rings (SSSR count). The Morgan fingerprint density at radius 1 is 1.17 bits per heavy atom. The summed E-state index contributed by atoms with van der Waals surface area (Å²) in [5.74, 6) is -0.276. The van der Waals surface area contributed by atoms with Gasteiger partial charge in [0.25, 0.3) is 11.5 Å². The van der Waals surface area contributed by atoms with E-state index in [0.717, 1.165) is 11.8 Å². The van der Waals surface area contributed by atoms with Crippen LogP contribution in [0.15, 0.2) is 29.2 Å². The van der Waals surface area contributed by atoms with Crippen molar-refractivity contribution in [3.8, 4) is 0 Å². The number of piperazine rings is 1. The molecule has 0 saturated carbocycles. The number of hydrogen-bond donors (Lipinski definition) is 2. The van der Waals surface area contributed by atoms with Crippen LogP contribution in [0, 0.1) is 0 Å². The van der Waals surface area contributed by atoms with E-state index in [0.29, 0.717) is 51.4 Å². The summed E-state index contributed by atoms with van der Waals surface area (Å²) in [6, 6.07) is 3.92. The van der Waals surface area contributed by atoms with Crippen LogP contribution in [0.4, 0.5) is 18.9 Å². The first kappa shape index (κ1) is 24.6. The number of aromatic amines is 1. The van der Waals surface area contributed by atoms with Crippen molar-refractivity contribution >= 4 is 17.5 Å². The molecule has 2 saturated heterocycles. The van der Waals surface area contributed by atoms with Gasteiger partial charge in [-0.15, -0.1) is 0 Å². The zero-order valence-corrected chi connectivity index (χ0v) is 19.1. The van der Waals surface area contributed by atoms with Crippen LogP contribution in [0.2, 0.25) is 0 Å². The fourth-order valence-electron chi connectivity index (χ4n) is 4.29. The second-order valence-corrected chi connectivity index (χ2v) is 8.47. The van der Waals surface area contributed by atoms with Gasteiger partial charge in [0.05, 0.1) is 23.6 Å². The minimum absolute atomic E-state index is 0.0196. The van der Waals surface area contributed by atoms with Crippen molar-refractivity contribution in [1.82, 2.24) is 30.3 Å². The van der Waals surface area contributed by atoms with Crippen molar-refractivity contribution in [2.24, 2.45) is 0 Å². The van der Waals surface area contributed by atoms with Crippen LogP contribution in [0.3, 0.4) is 0 Å². The van der Waals surface area contributed by atoms with E-state index in [9.17, 15) is 27.6 Å². The summed E-state index contributed by atoms with van der Waals surface area (Å²) in [6.45, 7) is 3.37. The lowest BCUT2D eigenvalue weighted by atomic mass is 9.98. The first-order valence-corrected chi connectivity index (χ1v) is 11.3. The second kappa shape index (κ2) is 10.0. The van der Waals surface area contributed by atoms with Crippen LogP contribution in [0.25, 0.3) is 0 Å². The van der Waals surface area contributed by atoms with E-state index in [-0.39, 0.29) is 30.0 Å². The molecule has 35 heavy (non-hydrogen) atoms. The van der Waals surface area contributed by atoms with E-state index in [2.05, 4.69) is 20.3 Å². The Morgan fingerprint density at radius 3 is 2.49 bits per heavy atom. The van der Waals surface area contributed by atoms with Crippen LogP contribution < -0.4 is 15.8 Å². The third-order valence-corrected chi connectivity index (χ3v) is 6.42. The Hall–Kier alpha value is -3.48. The van der Waals surface area contributed by atoms with Crippen LogP contribution in [0.1, 0.15) is 40.6 Å². The molecule has 2 N–H and O–H groups in total. The molecule has 1 unspecified atom stereocenters. The maximum absolute atomic E-state index is 13.0. The van der Waals surface area contributed by atoms with Crippen molar-refractivity contribution in [2.45, 2.75) is 25.1 Å². The fraction of sp³-hybridized carbons (Fsp3) is 0.500. The largest absolute Gasteiger partial charge is 0.421 e. The van der Waals surface area contributed by atoms with Gasteiger partial charge in [-0.05, 0) is 24.6 Å². The first-order chi connectivity index (χ1) is 16.7. The molecule has 1 atom stereocenters. The summed E-state index contributed by atoms with van der Waals surface area (Å²) in [4.78, 5) is 45.8. The average Bonchev–Trinajstić information content (AvgIpc) is 2.83. The SMILES string of the molecule is CNC(=O)c1ccc(N2CCN(C(=O)CCN3CCC3c3cc(C(F)(F)F)c(=O)[nH]n3)CC2)cn1. The highest BCUT2D eigenvalue weighted by Gasteiger charge is 2.37. The van der Waals surface area contributed by atoms with Crippen molar-refractivity contribution in [3.63, 3.8) is 0 Å². The topological polar surface area (TPSA) is 115 Å². The van der Waals surface area contributed by atoms with E-state index in [1.54, 1.807) is 24.2 Å². The number of H-pyrrole nitrogens is 1. The molecule has 0 bridgehead atoms. The highest BCUT2D eigenvalue weighted by atomic mass is 19.4. The van der Waals surface area contributed by atoms with E-state index >= 15 is 0 Å². The van der Waals surface area contributed by atoms with Crippen molar-refractivity contribution in [1.29, 1.82) is 0 Å². The number of alkyl halides is 3. The lowest BCUT2D eigenvalue weighted by molar-refractivity contribution is -0.139. The number of nitrogens with one attached hydrogen (secondary N) is 2. The predicted molar refractivity (Wildman–Crippen MR) is 120 cm³/mol. The fourth-order valence-corrected chi connectivity index (χ4v) is 4.29. The first-order valence-electron chi connectivity index (χ1n) is 11.3. The number of rotatable bonds is 6. The van der Waals surface area contributed by atoms with Gasteiger partial charge in [0.15, 0.2) is 0 Å². The van der Waals surface area contributed by atoms with Gasteiger partial charge in [-0.25, -0.2) is 10.1 Å². The third-order valence-electron chi connectivity index (χ3n) is 6.42. The maximum Gasteiger partial charge on any atom is 0.421 e. The standard InChI is InChI=1S/C22H26F3N7O3/c1-26-21(35)16-3-2-14(13-27-16)30-8-10-32(11-9-30)19(33)5-7-31-6-4-18(31)17-12-15(22(23,24)25)20(34)29-28-17/h2-3,12-13,18H,4-11H2,1H3,(H,26,35)(H,29,34). The third kappa shape index (κ3) is 5.45. The second-order valence-electron chi connectivity index (χ2n) is 8.47. The van der Waals surface area contributed by atoms with Gasteiger partial charge in [0.1, 0.15) is 11.3 Å². The maximum atomic E-state index is 13.0. The molecule has 13 heteroatoms. The van der Waals surface area contributed by atoms with Crippen LogP contribution in [-0.2, 0) is 11.0 Å². The summed E-state index contributed by atoms with van der Waals surface area (Å²) >= 11 is 0. The predicted octanol–water partition coefficient (Wildman–Crippen LogP) is 1.03. The summed E-state index contributed by atoms with van der Waals surface area (Å²) in [7, 11) is 1.54. The van der Waals surface area contributed by atoms with E-state index in [1.807, 2.05) is 16.1 Å². The molecular formula is C22H26F3N7O3. The van der Waals surface area contributed by atoms with Crippen molar-refractivity contribution < 1.29 is 22.8 Å². The van der Waals surface area contributed by atoms with Gasteiger partial charge in [-0.3, -0.25) is 19.3 Å². The molecule has 0 aliphatic carbocycles. The number of halogens is 3. The number of pyridine rings is 1. The Morgan fingerprint density at radius 2 is 1.91 bits per heavy atom. The number of amides is 2. The minimum Gasteiger partial charge on any atom is -0.367 e. The number of hydrogen-bond acceptors (Lipinski definition) is 7. The molecule has 2 aliphatic heterocycles. The highest BCUT2D eigenvalue weighted by molar-refractivity contribution is 5.92. The lowest BCUT2D eigenvalue weighted by Crippen LogP contribution is -2.50. The molecule has 2 aliphatic rings. The minimum atomic E-state index is -4.75. The Kier molecular flexibility index (Phi) is 7.05. The molecule has 2 aromatic rings. The Balaban J connectivity index is 1.27. The number of carbonyl (C=O) groups excluding carboxylic acids is 2. The summed E-state index contributed by atoms with van der Waals surface area (Å²) in [5.41, 5.74) is -1.16. The van der Waals surface area contributed by atoms with Gasteiger partial charge >= 0.3 is 6.18 Å². The summed E-state index contributed by atoms with van der Waals surface area (Å²) in [5, 5.41) is 8.25. The normalized spacial score (nSPS) is 18.8. The van der Waals surface area contributed by atoms with Crippen molar-refractivity contribution in [3.05, 3.63) is 51.7 Å². The van der Waals surface area contributed by atoms with Crippen LogP contribution >= 0.6 is 0 Å². The molecule has 10 nitrogen and oxygen atoms in total. The lowest BCUT2D eigenvalue weighted by Gasteiger charge is -2.41. The zero-order valence-electron chi connectivity index (χ0n) is 19.1. The zero-order chi connectivity index (χ0) is 25.2. The van der Waals surface area contributed by atoms with Gasteiger partial charge in [-0.1, -0.05) is 0 Å². The number of carbonyl (C=O) groups is 2. The average molecular weight is 493 g/mol. The van der Waals surface area contributed by atoms with Crippen LogP contribution in [-0.4, -0.2) is 83.1 Å². The monoisotopic (exact) mass is 493 g/mol.